The van der Waals surface area contributed by atoms with Gasteiger partial charge in [0, 0.05) is 12.4 Å². The van der Waals surface area contributed by atoms with Gasteiger partial charge >= 0.3 is 5.97 Å². The Labute approximate surface area is 63.5 Å². The zero-order valence-corrected chi connectivity index (χ0v) is 6.06. The minimum Gasteiger partial charge on any atom is -0.478 e. The van der Waals surface area contributed by atoms with E-state index < -0.39 is 11.6 Å². The first-order valence-corrected chi connectivity index (χ1v) is 3.06. The lowest BCUT2D eigenvalue weighted by Crippen LogP contribution is -2.46. The average Bonchev–Trinajstić information content (AvgIpc) is 2.37. The van der Waals surface area contributed by atoms with E-state index >= 15 is 0 Å². The SMILES string of the molecule is CC(N)(C(=O)O)n1ccnc1. The van der Waals surface area contributed by atoms with Gasteiger partial charge in [-0.15, -0.1) is 0 Å². The van der Waals surface area contributed by atoms with Crippen LogP contribution in [0, 0.1) is 0 Å². The normalized spacial score (nSPS) is 15.8. The van der Waals surface area contributed by atoms with Crippen molar-refractivity contribution in [1.82, 2.24) is 9.55 Å². The first-order valence-electron chi connectivity index (χ1n) is 3.06. The Morgan fingerprint density at radius 1 is 1.82 bits per heavy atom. The molecule has 1 rings (SSSR count). The maximum atomic E-state index is 10.5. The minimum absolute atomic E-state index is 1.09. The Hall–Kier alpha value is -1.36. The van der Waals surface area contributed by atoms with Crippen molar-refractivity contribution in [2.75, 3.05) is 0 Å². The average molecular weight is 155 g/mol. The molecule has 0 radical (unpaired) electrons. The molecule has 0 fully saturated rings. The van der Waals surface area contributed by atoms with E-state index in [9.17, 15) is 4.79 Å². The van der Waals surface area contributed by atoms with Crippen LogP contribution in [-0.4, -0.2) is 20.6 Å². The van der Waals surface area contributed by atoms with Gasteiger partial charge in [-0.1, -0.05) is 0 Å². The second-order valence-electron chi connectivity index (χ2n) is 2.42. The lowest BCUT2D eigenvalue weighted by atomic mass is 10.2. The van der Waals surface area contributed by atoms with Gasteiger partial charge in [0.15, 0.2) is 5.66 Å². The van der Waals surface area contributed by atoms with E-state index in [1.54, 1.807) is 0 Å². The number of aliphatic carboxylic acids is 1. The fourth-order valence-corrected chi connectivity index (χ4v) is 0.644. The number of carboxylic acids is 1. The predicted octanol–water partition coefficient (Wildman–Crippen LogP) is -0.401. The highest BCUT2D eigenvalue weighted by Gasteiger charge is 2.29. The molecule has 1 unspecified atom stereocenters. The summed E-state index contributed by atoms with van der Waals surface area (Å²) in [6.45, 7) is 1.40. The highest BCUT2D eigenvalue weighted by molar-refractivity contribution is 5.75. The summed E-state index contributed by atoms with van der Waals surface area (Å²) < 4.78 is 1.33. The molecule has 3 N–H and O–H groups in total. The van der Waals surface area contributed by atoms with Crippen molar-refractivity contribution < 1.29 is 9.90 Å². The van der Waals surface area contributed by atoms with E-state index in [0.717, 1.165) is 0 Å². The number of carbonyl (C=O) groups is 1. The molecule has 1 aromatic heterocycles. The summed E-state index contributed by atoms with van der Waals surface area (Å²) in [6, 6.07) is 0. The maximum Gasteiger partial charge on any atom is 0.344 e. The van der Waals surface area contributed by atoms with Gasteiger partial charge in [-0.25, -0.2) is 9.78 Å². The molecular weight excluding hydrogens is 146 g/mol. The van der Waals surface area contributed by atoms with Crippen molar-refractivity contribution in [1.29, 1.82) is 0 Å². The molecule has 0 aromatic carbocycles. The molecule has 1 atom stereocenters. The molecule has 0 amide bonds. The van der Waals surface area contributed by atoms with Gasteiger partial charge in [-0.05, 0) is 6.92 Å². The van der Waals surface area contributed by atoms with Gasteiger partial charge in [0.1, 0.15) is 0 Å². The van der Waals surface area contributed by atoms with Gasteiger partial charge < -0.3 is 9.67 Å². The van der Waals surface area contributed by atoms with Crippen LogP contribution in [0.2, 0.25) is 0 Å². The van der Waals surface area contributed by atoms with E-state index in [1.807, 2.05) is 0 Å². The highest BCUT2D eigenvalue weighted by Crippen LogP contribution is 2.06. The molecule has 0 bridgehead atoms. The summed E-state index contributed by atoms with van der Waals surface area (Å²) in [5.74, 6) is -1.09. The highest BCUT2D eigenvalue weighted by atomic mass is 16.4. The van der Waals surface area contributed by atoms with Crippen LogP contribution in [0.25, 0.3) is 0 Å². The second-order valence-corrected chi connectivity index (χ2v) is 2.42. The summed E-state index contributed by atoms with van der Waals surface area (Å²) >= 11 is 0. The van der Waals surface area contributed by atoms with Crippen LogP contribution in [0.3, 0.4) is 0 Å². The van der Waals surface area contributed by atoms with E-state index in [-0.39, 0.29) is 0 Å². The second kappa shape index (κ2) is 2.35. The van der Waals surface area contributed by atoms with Crippen molar-refractivity contribution in [3.8, 4) is 0 Å². The summed E-state index contributed by atoms with van der Waals surface area (Å²) in [4.78, 5) is 14.2. The fourth-order valence-electron chi connectivity index (χ4n) is 0.644. The Morgan fingerprint density at radius 2 is 2.45 bits per heavy atom. The van der Waals surface area contributed by atoms with E-state index in [1.165, 1.54) is 30.2 Å². The first kappa shape index (κ1) is 7.74. The number of aromatic nitrogens is 2. The number of hydrogen-bond acceptors (Lipinski definition) is 3. The smallest absolute Gasteiger partial charge is 0.344 e. The van der Waals surface area contributed by atoms with Crippen molar-refractivity contribution in [2.24, 2.45) is 5.73 Å². The molecule has 5 nitrogen and oxygen atoms in total. The molecule has 1 heterocycles. The van der Waals surface area contributed by atoms with Crippen molar-refractivity contribution in [3.63, 3.8) is 0 Å². The third-order valence-corrected chi connectivity index (χ3v) is 1.47. The standard InChI is InChI=1S/C6H9N3O2/c1-6(7,5(10)11)9-3-2-8-4-9/h2-4H,7H2,1H3,(H,10,11). The Bertz CT molecular complexity index is 253. The minimum atomic E-state index is -1.41. The molecule has 0 spiro atoms. The van der Waals surface area contributed by atoms with Crippen molar-refractivity contribution in [3.05, 3.63) is 18.7 Å². The number of carboxylic acid groups (broad SMARTS) is 1. The molecule has 0 saturated carbocycles. The van der Waals surface area contributed by atoms with Crippen LogP contribution < -0.4 is 5.73 Å². The third-order valence-electron chi connectivity index (χ3n) is 1.47. The number of nitrogens with two attached hydrogens (primary N) is 1. The molecule has 60 valence electrons. The Morgan fingerprint density at radius 3 is 2.82 bits per heavy atom. The topological polar surface area (TPSA) is 81.1 Å². The van der Waals surface area contributed by atoms with E-state index in [2.05, 4.69) is 4.98 Å². The molecule has 11 heavy (non-hydrogen) atoms. The van der Waals surface area contributed by atoms with Gasteiger partial charge in [0.05, 0.1) is 6.33 Å². The van der Waals surface area contributed by atoms with Crippen LogP contribution in [0.1, 0.15) is 6.92 Å². The van der Waals surface area contributed by atoms with Gasteiger partial charge in [-0.3, -0.25) is 5.73 Å². The van der Waals surface area contributed by atoms with Crippen molar-refractivity contribution in [2.45, 2.75) is 12.6 Å². The van der Waals surface area contributed by atoms with E-state index in [4.69, 9.17) is 10.8 Å². The maximum absolute atomic E-state index is 10.5. The molecule has 0 aliphatic rings. The van der Waals surface area contributed by atoms with Crippen LogP contribution in [-0.2, 0) is 10.5 Å². The lowest BCUT2D eigenvalue weighted by Gasteiger charge is -2.20. The predicted molar refractivity (Wildman–Crippen MR) is 37.7 cm³/mol. The zero-order chi connectivity index (χ0) is 8.48. The number of rotatable bonds is 2. The Balaban J connectivity index is 3.00. The summed E-state index contributed by atoms with van der Waals surface area (Å²) in [5, 5.41) is 8.64. The van der Waals surface area contributed by atoms with Gasteiger partial charge in [0.2, 0.25) is 0 Å². The molecular formula is C6H9N3O2. The fraction of sp³-hybridized carbons (Fsp3) is 0.333. The molecule has 0 saturated heterocycles. The molecule has 1 aromatic rings. The summed E-state index contributed by atoms with van der Waals surface area (Å²) in [5.41, 5.74) is 4.04. The lowest BCUT2D eigenvalue weighted by molar-refractivity contribution is -0.146. The Kier molecular flexibility index (Phi) is 1.66. The summed E-state index contributed by atoms with van der Waals surface area (Å²) in [7, 11) is 0. The largest absolute Gasteiger partial charge is 0.478 e. The molecule has 0 aliphatic carbocycles. The van der Waals surface area contributed by atoms with Crippen LogP contribution >= 0.6 is 0 Å². The number of hydrogen-bond donors (Lipinski definition) is 2. The van der Waals surface area contributed by atoms with Crippen LogP contribution in [0.15, 0.2) is 18.7 Å². The zero-order valence-electron chi connectivity index (χ0n) is 6.06. The molecule has 0 aliphatic heterocycles. The summed E-state index contributed by atoms with van der Waals surface area (Å²) in [6.07, 6.45) is 4.36. The first-order chi connectivity index (χ1) is 5.05. The quantitative estimate of drug-likeness (QED) is 0.608. The number of imidazole rings is 1. The van der Waals surface area contributed by atoms with E-state index in [0.29, 0.717) is 0 Å². The monoisotopic (exact) mass is 155 g/mol. The van der Waals surface area contributed by atoms with Crippen LogP contribution in [0.4, 0.5) is 0 Å². The number of nitrogens with zero attached hydrogens (tertiary/aromatic N) is 2. The van der Waals surface area contributed by atoms with Gasteiger partial charge in [0.25, 0.3) is 0 Å². The van der Waals surface area contributed by atoms with Crippen molar-refractivity contribution >= 4 is 5.97 Å². The van der Waals surface area contributed by atoms with Gasteiger partial charge in [-0.2, -0.15) is 0 Å². The molecule has 5 heteroatoms. The third kappa shape index (κ3) is 1.22. The van der Waals surface area contributed by atoms with Crippen LogP contribution in [0.5, 0.6) is 0 Å².